The molecule has 0 aromatic heterocycles. The molecule has 1 aromatic carbocycles. The highest BCUT2D eigenvalue weighted by Gasteiger charge is 2.26. The minimum atomic E-state index is -0.489. The minimum Gasteiger partial charge on any atom is -0.366 e. The van der Waals surface area contributed by atoms with E-state index in [1.807, 2.05) is 24.1 Å². The van der Waals surface area contributed by atoms with Crippen molar-refractivity contribution in [3.8, 4) is 12.1 Å². The maximum atomic E-state index is 11.3. The van der Waals surface area contributed by atoms with E-state index in [-0.39, 0.29) is 22.9 Å². The van der Waals surface area contributed by atoms with E-state index in [1.54, 1.807) is 0 Å². The number of nitro groups is 1. The molecule has 108 valence electrons. The molecule has 1 aliphatic rings. The van der Waals surface area contributed by atoms with Gasteiger partial charge >= 0.3 is 0 Å². The third-order valence-electron chi connectivity index (χ3n) is 4.05. The Balaban J connectivity index is 2.48. The Kier molecular flexibility index (Phi) is 4.39. The zero-order valence-corrected chi connectivity index (χ0v) is 11.9. The molecule has 0 unspecified atom stereocenters. The summed E-state index contributed by atoms with van der Waals surface area (Å²) in [7, 11) is 1.82. The van der Waals surface area contributed by atoms with Crippen molar-refractivity contribution in [2.75, 3.05) is 11.9 Å². The zero-order valence-electron chi connectivity index (χ0n) is 11.9. The highest BCUT2D eigenvalue weighted by atomic mass is 16.6. The maximum absolute atomic E-state index is 11.3. The second-order valence-electron chi connectivity index (χ2n) is 5.27. The van der Waals surface area contributed by atoms with E-state index in [9.17, 15) is 10.1 Å². The lowest BCUT2D eigenvalue weighted by molar-refractivity contribution is -0.384. The second kappa shape index (κ2) is 6.23. The monoisotopic (exact) mass is 284 g/mol. The van der Waals surface area contributed by atoms with Crippen LogP contribution in [0.15, 0.2) is 12.1 Å². The van der Waals surface area contributed by atoms with Crippen molar-refractivity contribution in [3.63, 3.8) is 0 Å². The van der Waals surface area contributed by atoms with Crippen molar-refractivity contribution in [2.24, 2.45) is 0 Å². The van der Waals surface area contributed by atoms with Crippen LogP contribution >= 0.6 is 0 Å². The van der Waals surface area contributed by atoms with Gasteiger partial charge in [-0.15, -0.1) is 0 Å². The molecule has 0 heterocycles. The second-order valence-corrected chi connectivity index (χ2v) is 5.27. The summed E-state index contributed by atoms with van der Waals surface area (Å²) in [4.78, 5) is 12.7. The lowest BCUT2D eigenvalue weighted by atomic mass is 9.93. The largest absolute Gasteiger partial charge is 0.366 e. The standard InChI is InChI=1S/C15H16N4O2/c1-18(13-5-3-2-4-6-13)14-7-11(9-16)12(10-17)8-15(14)19(20)21/h7-8,13H,2-6H2,1H3. The number of rotatable bonds is 3. The van der Waals surface area contributed by atoms with Crippen LogP contribution in [-0.4, -0.2) is 18.0 Å². The van der Waals surface area contributed by atoms with E-state index in [0.29, 0.717) is 5.69 Å². The van der Waals surface area contributed by atoms with E-state index in [1.165, 1.54) is 18.6 Å². The number of nitriles is 2. The summed E-state index contributed by atoms with van der Waals surface area (Å²) in [5.74, 6) is 0. The minimum absolute atomic E-state index is 0.0463. The molecule has 1 saturated carbocycles. The first kappa shape index (κ1) is 14.8. The SMILES string of the molecule is CN(c1cc(C#N)c(C#N)cc1[N+](=O)[O-])C1CCCCC1. The smallest absolute Gasteiger partial charge is 0.293 e. The normalized spacial score (nSPS) is 15.0. The quantitative estimate of drug-likeness (QED) is 0.628. The van der Waals surface area contributed by atoms with Crippen LogP contribution in [-0.2, 0) is 0 Å². The van der Waals surface area contributed by atoms with Gasteiger partial charge in [-0.2, -0.15) is 10.5 Å². The number of hydrogen-bond donors (Lipinski definition) is 0. The Morgan fingerprint density at radius 2 is 1.76 bits per heavy atom. The predicted octanol–water partition coefficient (Wildman–Crippen LogP) is 3.11. The molecule has 0 amide bonds. The lowest BCUT2D eigenvalue weighted by Gasteiger charge is -2.32. The number of nitrogens with zero attached hydrogens (tertiary/aromatic N) is 4. The number of anilines is 1. The van der Waals surface area contributed by atoms with Crippen LogP contribution in [0.4, 0.5) is 11.4 Å². The van der Waals surface area contributed by atoms with Gasteiger partial charge in [0.25, 0.3) is 5.69 Å². The van der Waals surface area contributed by atoms with Crippen molar-refractivity contribution in [1.29, 1.82) is 10.5 Å². The van der Waals surface area contributed by atoms with Crippen LogP contribution in [0.1, 0.15) is 43.2 Å². The van der Waals surface area contributed by atoms with Crippen molar-refractivity contribution in [1.82, 2.24) is 0 Å². The predicted molar refractivity (Wildman–Crippen MR) is 77.8 cm³/mol. The van der Waals surface area contributed by atoms with Gasteiger partial charge in [0.05, 0.1) is 16.1 Å². The summed E-state index contributed by atoms with van der Waals surface area (Å²) >= 11 is 0. The summed E-state index contributed by atoms with van der Waals surface area (Å²) in [6.45, 7) is 0. The molecule has 21 heavy (non-hydrogen) atoms. The summed E-state index contributed by atoms with van der Waals surface area (Å²) < 4.78 is 0. The number of benzene rings is 1. The summed E-state index contributed by atoms with van der Waals surface area (Å²) in [5, 5.41) is 29.4. The van der Waals surface area contributed by atoms with Gasteiger partial charge in [0.2, 0.25) is 0 Å². The van der Waals surface area contributed by atoms with Gasteiger partial charge < -0.3 is 4.90 Å². The first-order chi connectivity index (χ1) is 10.1. The van der Waals surface area contributed by atoms with Crippen LogP contribution in [0.2, 0.25) is 0 Å². The van der Waals surface area contributed by atoms with E-state index in [2.05, 4.69) is 0 Å². The molecule has 0 radical (unpaired) electrons. The highest BCUT2D eigenvalue weighted by Crippen LogP contribution is 2.34. The average Bonchev–Trinajstić information content (AvgIpc) is 2.53. The van der Waals surface area contributed by atoms with Crippen LogP contribution in [0.3, 0.4) is 0 Å². The van der Waals surface area contributed by atoms with Crippen molar-refractivity contribution < 1.29 is 4.92 Å². The number of nitro benzene ring substituents is 1. The van der Waals surface area contributed by atoms with Gasteiger partial charge in [0.1, 0.15) is 17.8 Å². The van der Waals surface area contributed by atoms with Crippen LogP contribution in [0.25, 0.3) is 0 Å². The molecule has 2 rings (SSSR count). The van der Waals surface area contributed by atoms with E-state index >= 15 is 0 Å². The number of hydrogen-bond acceptors (Lipinski definition) is 5. The van der Waals surface area contributed by atoms with Crippen LogP contribution in [0.5, 0.6) is 0 Å². The first-order valence-corrected chi connectivity index (χ1v) is 6.94. The Hall–Kier alpha value is -2.60. The van der Waals surface area contributed by atoms with Crippen molar-refractivity contribution in [2.45, 2.75) is 38.1 Å². The Morgan fingerprint density at radius 3 is 2.29 bits per heavy atom. The van der Waals surface area contributed by atoms with Crippen LogP contribution in [0, 0.1) is 32.8 Å². The maximum Gasteiger partial charge on any atom is 0.293 e. The van der Waals surface area contributed by atoms with Gasteiger partial charge in [-0.3, -0.25) is 10.1 Å². The summed E-state index contributed by atoms with van der Waals surface area (Å²) in [6.07, 6.45) is 5.42. The fourth-order valence-electron chi connectivity index (χ4n) is 2.86. The molecule has 0 bridgehead atoms. The summed E-state index contributed by atoms with van der Waals surface area (Å²) in [5.41, 5.74) is 0.534. The molecule has 0 aliphatic heterocycles. The van der Waals surface area contributed by atoms with Crippen LogP contribution < -0.4 is 4.90 Å². The average molecular weight is 284 g/mol. The van der Waals surface area contributed by atoms with Gasteiger partial charge in [-0.25, -0.2) is 0 Å². The van der Waals surface area contributed by atoms with Gasteiger partial charge in [0.15, 0.2) is 0 Å². The van der Waals surface area contributed by atoms with Gasteiger partial charge in [-0.05, 0) is 18.9 Å². The molecular formula is C15H16N4O2. The molecule has 1 aromatic rings. The molecule has 0 spiro atoms. The van der Waals surface area contributed by atoms with Crippen molar-refractivity contribution in [3.05, 3.63) is 33.4 Å². The van der Waals surface area contributed by atoms with E-state index in [0.717, 1.165) is 25.7 Å². The Bertz CT molecular complexity index is 636. The highest BCUT2D eigenvalue weighted by molar-refractivity contribution is 5.70. The van der Waals surface area contributed by atoms with Gasteiger partial charge in [-0.1, -0.05) is 19.3 Å². The molecule has 6 nitrogen and oxygen atoms in total. The fraction of sp³-hybridized carbons (Fsp3) is 0.467. The van der Waals surface area contributed by atoms with Gasteiger partial charge in [0, 0.05) is 19.2 Å². The topological polar surface area (TPSA) is 94.0 Å². The lowest BCUT2D eigenvalue weighted by Crippen LogP contribution is -2.33. The summed E-state index contributed by atoms with van der Waals surface area (Å²) in [6, 6.07) is 6.69. The Labute approximate surface area is 123 Å². The molecule has 6 heteroatoms. The molecular weight excluding hydrogens is 268 g/mol. The first-order valence-electron chi connectivity index (χ1n) is 6.94. The third-order valence-corrected chi connectivity index (χ3v) is 4.05. The van der Waals surface area contributed by atoms with Crippen molar-refractivity contribution >= 4 is 11.4 Å². The molecule has 0 N–H and O–H groups in total. The fourth-order valence-corrected chi connectivity index (χ4v) is 2.86. The molecule has 0 atom stereocenters. The van der Waals surface area contributed by atoms with E-state index in [4.69, 9.17) is 10.5 Å². The van der Waals surface area contributed by atoms with E-state index < -0.39 is 4.92 Å². The third kappa shape index (κ3) is 2.95. The zero-order chi connectivity index (χ0) is 15.4. The Morgan fingerprint density at radius 1 is 1.19 bits per heavy atom. The molecule has 0 saturated heterocycles. The molecule has 1 fully saturated rings. The molecule has 1 aliphatic carbocycles.